The molecular weight excluding hydrogens is 332 g/mol. The molecule has 102 valence electrons. The number of aromatic nitrogens is 3. The molecule has 1 fully saturated rings. The van der Waals surface area contributed by atoms with Crippen LogP contribution in [0.25, 0.3) is 5.65 Å². The Morgan fingerprint density at radius 3 is 3.05 bits per heavy atom. The number of anilines is 1. The van der Waals surface area contributed by atoms with Gasteiger partial charge in [0.25, 0.3) is 0 Å². The van der Waals surface area contributed by atoms with Crippen LogP contribution in [0, 0.1) is 5.92 Å². The molecule has 0 unspecified atom stereocenters. The third-order valence-corrected chi connectivity index (χ3v) is 4.22. The highest BCUT2D eigenvalue weighted by Crippen LogP contribution is 2.30. The van der Waals surface area contributed by atoms with E-state index in [0.29, 0.717) is 16.7 Å². The van der Waals surface area contributed by atoms with Crippen LogP contribution in [0.3, 0.4) is 0 Å². The van der Waals surface area contributed by atoms with Crippen LogP contribution in [0.5, 0.6) is 0 Å². The maximum atomic E-state index is 9.25. The molecule has 2 aromatic heterocycles. The van der Waals surface area contributed by atoms with Gasteiger partial charge in [0.05, 0.1) is 16.8 Å². The summed E-state index contributed by atoms with van der Waals surface area (Å²) in [4.78, 5) is 4.22. The van der Waals surface area contributed by atoms with Gasteiger partial charge in [0.1, 0.15) is 11.0 Å². The smallest absolute Gasteiger partial charge is 0.173 e. The monoisotopic (exact) mass is 344 g/mol. The van der Waals surface area contributed by atoms with Crippen LogP contribution in [0.2, 0.25) is 5.15 Å². The van der Waals surface area contributed by atoms with E-state index in [-0.39, 0.29) is 6.10 Å². The number of nitrogens with one attached hydrogen (secondary N) is 1. The summed E-state index contributed by atoms with van der Waals surface area (Å²) in [5.41, 5.74) is 0.703. The summed E-state index contributed by atoms with van der Waals surface area (Å²) in [6.45, 7) is 0.838. The highest BCUT2D eigenvalue weighted by molar-refractivity contribution is 9.10. The van der Waals surface area contributed by atoms with E-state index in [1.807, 2.05) is 0 Å². The van der Waals surface area contributed by atoms with Crippen LogP contribution in [-0.4, -0.2) is 32.4 Å². The zero-order valence-corrected chi connectivity index (χ0v) is 12.5. The number of halogens is 2. The molecule has 3 rings (SSSR count). The lowest BCUT2D eigenvalue weighted by atomic mass is 9.80. The number of rotatable bonds is 4. The molecule has 0 radical (unpaired) electrons. The van der Waals surface area contributed by atoms with E-state index in [4.69, 9.17) is 11.6 Å². The summed E-state index contributed by atoms with van der Waals surface area (Å²) in [6.07, 6.45) is 4.49. The van der Waals surface area contributed by atoms with Gasteiger partial charge >= 0.3 is 0 Å². The summed E-state index contributed by atoms with van der Waals surface area (Å²) in [6, 6.07) is 1.77. The van der Waals surface area contributed by atoms with E-state index >= 15 is 0 Å². The largest absolute Gasteiger partial charge is 0.393 e. The fourth-order valence-electron chi connectivity index (χ4n) is 2.37. The van der Waals surface area contributed by atoms with Crippen molar-refractivity contribution in [3.05, 3.63) is 21.9 Å². The van der Waals surface area contributed by atoms with Crippen LogP contribution < -0.4 is 5.32 Å². The number of nitrogens with zero attached hydrogens (tertiary/aromatic N) is 3. The Morgan fingerprint density at radius 1 is 1.53 bits per heavy atom. The number of hydrogen-bond acceptors (Lipinski definition) is 4. The molecular formula is C12H14BrClN4O. The minimum Gasteiger partial charge on any atom is -0.393 e. The second-order valence-corrected chi connectivity index (χ2v) is 6.14. The van der Waals surface area contributed by atoms with Crippen molar-refractivity contribution in [2.75, 3.05) is 11.9 Å². The molecule has 1 aliphatic carbocycles. The predicted molar refractivity (Wildman–Crippen MR) is 77.5 cm³/mol. The molecule has 0 saturated heterocycles. The minimum absolute atomic E-state index is 0.0888. The first-order chi connectivity index (χ1) is 9.13. The van der Waals surface area contributed by atoms with Crippen LogP contribution in [0.15, 0.2) is 16.7 Å². The first kappa shape index (κ1) is 13.1. The van der Waals surface area contributed by atoms with Crippen molar-refractivity contribution in [1.82, 2.24) is 14.6 Å². The third-order valence-electron chi connectivity index (χ3n) is 3.47. The molecule has 5 nitrogen and oxygen atoms in total. The first-order valence-corrected chi connectivity index (χ1v) is 7.42. The quantitative estimate of drug-likeness (QED) is 0.836. The highest BCUT2D eigenvalue weighted by atomic mass is 79.9. The molecule has 0 aromatic carbocycles. The fraction of sp³-hybridized carbons (Fsp3) is 0.500. The second kappa shape index (κ2) is 5.26. The maximum Gasteiger partial charge on any atom is 0.173 e. The average molecular weight is 346 g/mol. The number of aliphatic hydroxyl groups excluding tert-OH is 1. The lowest BCUT2D eigenvalue weighted by Gasteiger charge is -2.31. The van der Waals surface area contributed by atoms with E-state index in [9.17, 15) is 5.11 Å². The molecule has 19 heavy (non-hydrogen) atoms. The van der Waals surface area contributed by atoms with Crippen molar-refractivity contribution >= 4 is 39.0 Å². The van der Waals surface area contributed by atoms with Crippen LogP contribution in [0.1, 0.15) is 19.3 Å². The van der Waals surface area contributed by atoms with Crippen molar-refractivity contribution in [3.8, 4) is 0 Å². The Bertz CT molecular complexity index is 597. The average Bonchev–Trinajstić information content (AvgIpc) is 2.69. The Balaban J connectivity index is 1.70. The van der Waals surface area contributed by atoms with Gasteiger partial charge in [0, 0.05) is 12.6 Å². The Kier molecular flexibility index (Phi) is 3.64. The Labute approximate surface area is 124 Å². The van der Waals surface area contributed by atoms with E-state index in [1.54, 1.807) is 16.8 Å². The van der Waals surface area contributed by atoms with Crippen molar-refractivity contribution < 1.29 is 5.11 Å². The summed E-state index contributed by atoms with van der Waals surface area (Å²) >= 11 is 9.40. The topological polar surface area (TPSA) is 62.5 Å². The zero-order valence-electron chi connectivity index (χ0n) is 10.2. The van der Waals surface area contributed by atoms with Crippen LogP contribution >= 0.6 is 27.5 Å². The second-order valence-electron chi connectivity index (χ2n) is 4.90. The maximum absolute atomic E-state index is 9.25. The fourth-order valence-corrected chi connectivity index (χ4v) is 2.90. The molecule has 0 bridgehead atoms. The van der Waals surface area contributed by atoms with E-state index in [0.717, 1.165) is 36.1 Å². The van der Waals surface area contributed by atoms with E-state index in [1.165, 1.54) is 0 Å². The SMILES string of the molecule is OC1CC(CCNc2cc(Cl)nc3c(Br)cnn23)C1. The number of fused-ring (bicyclic) bond motifs is 1. The van der Waals surface area contributed by atoms with Gasteiger partial charge in [-0.1, -0.05) is 11.6 Å². The van der Waals surface area contributed by atoms with Gasteiger partial charge in [-0.2, -0.15) is 9.61 Å². The molecule has 1 saturated carbocycles. The Morgan fingerprint density at radius 2 is 2.32 bits per heavy atom. The normalized spacial score (nSPS) is 22.5. The molecule has 0 atom stereocenters. The number of hydrogen-bond donors (Lipinski definition) is 2. The van der Waals surface area contributed by atoms with Crippen molar-refractivity contribution in [1.29, 1.82) is 0 Å². The Hall–Kier alpha value is -0.850. The summed E-state index contributed by atoms with van der Waals surface area (Å²) in [5.74, 6) is 1.46. The first-order valence-electron chi connectivity index (χ1n) is 6.25. The minimum atomic E-state index is -0.0888. The summed E-state index contributed by atoms with van der Waals surface area (Å²) in [7, 11) is 0. The molecule has 7 heteroatoms. The van der Waals surface area contributed by atoms with Gasteiger partial charge < -0.3 is 10.4 Å². The summed E-state index contributed by atoms with van der Waals surface area (Å²) in [5, 5.41) is 17.3. The predicted octanol–water partition coefficient (Wildman–Crippen LogP) is 2.72. The standard InChI is InChI=1S/C12H14BrClN4O/c13-9-6-16-18-11(5-10(14)17-12(9)18)15-2-1-7-3-8(19)4-7/h5-8,15,19H,1-4H2. The lowest BCUT2D eigenvalue weighted by Crippen LogP contribution is -2.29. The molecule has 0 spiro atoms. The molecule has 0 aliphatic heterocycles. The number of aliphatic hydroxyl groups is 1. The van der Waals surface area contributed by atoms with Gasteiger partial charge in [0.2, 0.25) is 0 Å². The molecule has 2 N–H and O–H groups in total. The van der Waals surface area contributed by atoms with Crippen LogP contribution in [-0.2, 0) is 0 Å². The van der Waals surface area contributed by atoms with Gasteiger partial charge in [-0.3, -0.25) is 0 Å². The molecule has 1 aliphatic rings. The van der Waals surface area contributed by atoms with E-state index in [2.05, 4.69) is 31.3 Å². The highest BCUT2D eigenvalue weighted by Gasteiger charge is 2.26. The van der Waals surface area contributed by atoms with Gasteiger partial charge in [0.15, 0.2) is 5.65 Å². The third kappa shape index (κ3) is 2.70. The van der Waals surface area contributed by atoms with Crippen molar-refractivity contribution in [3.63, 3.8) is 0 Å². The van der Waals surface area contributed by atoms with Crippen LogP contribution in [0.4, 0.5) is 5.82 Å². The van der Waals surface area contributed by atoms with Crippen molar-refractivity contribution in [2.45, 2.75) is 25.4 Å². The molecule has 2 heterocycles. The summed E-state index contributed by atoms with van der Waals surface area (Å²) < 4.78 is 2.55. The van der Waals surface area contributed by atoms with Gasteiger partial charge in [-0.05, 0) is 41.1 Å². The van der Waals surface area contributed by atoms with E-state index < -0.39 is 0 Å². The molecule has 0 amide bonds. The molecule has 2 aromatic rings. The van der Waals surface area contributed by atoms with Gasteiger partial charge in [-0.15, -0.1) is 0 Å². The van der Waals surface area contributed by atoms with Crippen molar-refractivity contribution in [2.24, 2.45) is 5.92 Å². The van der Waals surface area contributed by atoms with Gasteiger partial charge in [-0.25, -0.2) is 4.98 Å². The zero-order chi connectivity index (χ0) is 13.4. The lowest BCUT2D eigenvalue weighted by molar-refractivity contribution is 0.0408.